The van der Waals surface area contributed by atoms with Crippen molar-refractivity contribution in [2.75, 3.05) is 12.9 Å². The Hall–Kier alpha value is -1.08. The Balaban J connectivity index is 1.88. The minimum Gasteiger partial charge on any atom is -0.468 e. The number of nitrogens with zero attached hydrogens (tertiary/aromatic N) is 3. The van der Waals surface area contributed by atoms with Gasteiger partial charge >= 0.3 is 5.97 Å². The van der Waals surface area contributed by atoms with E-state index in [0.29, 0.717) is 12.5 Å². The highest BCUT2D eigenvalue weighted by Crippen LogP contribution is 2.26. The molecule has 1 aromatic rings. The van der Waals surface area contributed by atoms with Gasteiger partial charge in [-0.3, -0.25) is 10.1 Å². The Kier molecular flexibility index (Phi) is 4.46. The summed E-state index contributed by atoms with van der Waals surface area (Å²) in [7, 11) is 3.34. The Labute approximate surface area is 117 Å². The molecule has 1 atom stereocenters. The number of carbonyl (C=O) groups excluding carboxylic acids is 1. The van der Waals surface area contributed by atoms with Gasteiger partial charge in [-0.05, 0) is 26.2 Å². The van der Waals surface area contributed by atoms with Gasteiger partial charge < -0.3 is 9.30 Å². The van der Waals surface area contributed by atoms with Crippen molar-refractivity contribution in [1.82, 2.24) is 20.1 Å². The molecule has 0 amide bonds. The second-order valence-electron chi connectivity index (χ2n) is 5.07. The number of carbonyl (C=O) groups is 1. The second kappa shape index (κ2) is 5.92. The number of hydrogen-bond acceptors (Lipinski definition) is 6. The molecule has 0 radical (unpaired) electrons. The predicted octanol–water partition coefficient (Wildman–Crippen LogP) is 0.981. The van der Waals surface area contributed by atoms with Gasteiger partial charge in [0.15, 0.2) is 5.16 Å². The predicted molar refractivity (Wildman–Crippen MR) is 72.9 cm³/mol. The van der Waals surface area contributed by atoms with Gasteiger partial charge in [0.1, 0.15) is 11.9 Å². The first kappa shape index (κ1) is 14.3. The summed E-state index contributed by atoms with van der Waals surface area (Å²) in [6.07, 6.45) is 4.66. The van der Waals surface area contributed by atoms with E-state index < -0.39 is 5.54 Å². The summed E-state index contributed by atoms with van der Waals surface area (Å²) >= 11 is 1.60. The van der Waals surface area contributed by atoms with Gasteiger partial charge in [-0.15, -0.1) is 10.2 Å². The van der Waals surface area contributed by atoms with E-state index in [-0.39, 0.29) is 5.97 Å². The van der Waals surface area contributed by atoms with E-state index in [1.807, 2.05) is 18.5 Å². The highest BCUT2D eigenvalue weighted by molar-refractivity contribution is 7.99. The third kappa shape index (κ3) is 3.70. The summed E-state index contributed by atoms with van der Waals surface area (Å²) in [5.41, 5.74) is -0.610. The monoisotopic (exact) mass is 284 g/mol. The number of methoxy groups -OCH3 is 1. The van der Waals surface area contributed by atoms with Crippen LogP contribution in [-0.2, 0) is 16.6 Å². The van der Waals surface area contributed by atoms with Crippen molar-refractivity contribution in [3.8, 4) is 0 Å². The lowest BCUT2D eigenvalue weighted by atomic mass is 9.99. The van der Waals surface area contributed by atoms with E-state index in [4.69, 9.17) is 4.74 Å². The van der Waals surface area contributed by atoms with Crippen molar-refractivity contribution >= 4 is 17.7 Å². The molecule has 1 saturated carbocycles. The summed E-state index contributed by atoms with van der Waals surface area (Å²) in [4.78, 5) is 11.9. The maximum atomic E-state index is 11.9. The SMILES string of the molecule is COC(=O)C(C)(CCSc1nncn1C)NC1CC1. The quantitative estimate of drug-likeness (QED) is 0.594. The lowest BCUT2D eigenvalue weighted by Crippen LogP contribution is -2.51. The molecule has 1 aliphatic carbocycles. The Morgan fingerprint density at radius 1 is 1.68 bits per heavy atom. The lowest BCUT2D eigenvalue weighted by molar-refractivity contribution is -0.148. The summed E-state index contributed by atoms with van der Waals surface area (Å²) in [5, 5.41) is 12.1. The maximum Gasteiger partial charge on any atom is 0.325 e. The number of ether oxygens (including phenoxy) is 1. The summed E-state index contributed by atoms with van der Waals surface area (Å²) in [6.45, 7) is 1.91. The zero-order valence-corrected chi connectivity index (χ0v) is 12.4. The van der Waals surface area contributed by atoms with E-state index in [2.05, 4.69) is 15.5 Å². The van der Waals surface area contributed by atoms with Crippen molar-refractivity contribution in [2.45, 2.75) is 42.9 Å². The van der Waals surface area contributed by atoms with Crippen molar-refractivity contribution in [2.24, 2.45) is 7.05 Å². The molecule has 0 spiro atoms. The molecule has 106 valence electrons. The Morgan fingerprint density at radius 2 is 2.42 bits per heavy atom. The molecule has 2 rings (SSSR count). The zero-order valence-electron chi connectivity index (χ0n) is 11.5. The molecule has 0 saturated heterocycles. The molecule has 6 nitrogen and oxygen atoms in total. The topological polar surface area (TPSA) is 69.0 Å². The molecule has 1 aromatic heterocycles. The van der Waals surface area contributed by atoms with Crippen LogP contribution in [0.3, 0.4) is 0 Å². The third-order valence-electron chi connectivity index (χ3n) is 3.24. The first-order chi connectivity index (χ1) is 9.05. The van der Waals surface area contributed by atoms with Crippen LogP contribution in [0.1, 0.15) is 26.2 Å². The molecule has 1 unspecified atom stereocenters. The zero-order chi connectivity index (χ0) is 13.9. The average Bonchev–Trinajstić information content (AvgIpc) is 3.10. The lowest BCUT2D eigenvalue weighted by Gasteiger charge is -2.27. The number of hydrogen-bond donors (Lipinski definition) is 1. The summed E-state index contributed by atoms with van der Waals surface area (Å²) < 4.78 is 6.78. The fraction of sp³-hybridized carbons (Fsp3) is 0.750. The summed E-state index contributed by atoms with van der Waals surface area (Å²) in [6, 6.07) is 0.462. The van der Waals surface area contributed by atoms with Crippen molar-refractivity contribution in [3.63, 3.8) is 0 Å². The fourth-order valence-corrected chi connectivity index (χ4v) is 2.93. The van der Waals surface area contributed by atoms with Crippen LogP contribution < -0.4 is 5.32 Å². The first-order valence-corrected chi connectivity index (χ1v) is 7.36. The highest BCUT2D eigenvalue weighted by Gasteiger charge is 2.39. The van der Waals surface area contributed by atoms with Crippen LogP contribution in [0, 0.1) is 0 Å². The standard InChI is InChI=1S/C12H20N4O2S/c1-12(10(17)18-3,14-9-4-5-9)6-7-19-11-15-13-8-16(11)2/h8-9,14H,4-7H2,1-3H3. The Bertz CT molecular complexity index is 447. The maximum absolute atomic E-state index is 11.9. The molecule has 7 heteroatoms. The molecular weight excluding hydrogens is 264 g/mol. The van der Waals surface area contributed by atoms with Gasteiger partial charge in [-0.25, -0.2) is 0 Å². The van der Waals surface area contributed by atoms with E-state index in [9.17, 15) is 4.79 Å². The highest BCUT2D eigenvalue weighted by atomic mass is 32.2. The third-order valence-corrected chi connectivity index (χ3v) is 4.28. The van der Waals surface area contributed by atoms with Crippen LogP contribution in [0.25, 0.3) is 0 Å². The van der Waals surface area contributed by atoms with Gasteiger partial charge in [0.05, 0.1) is 7.11 Å². The number of nitrogens with one attached hydrogen (secondary N) is 1. The average molecular weight is 284 g/mol. The molecular formula is C12H20N4O2S. The number of aromatic nitrogens is 3. The molecule has 0 bridgehead atoms. The number of thioether (sulfide) groups is 1. The van der Waals surface area contributed by atoms with Crippen LogP contribution in [0.4, 0.5) is 0 Å². The van der Waals surface area contributed by atoms with Crippen LogP contribution >= 0.6 is 11.8 Å². The van der Waals surface area contributed by atoms with Gasteiger partial charge in [-0.2, -0.15) is 0 Å². The number of esters is 1. The van der Waals surface area contributed by atoms with Crippen LogP contribution in [0.2, 0.25) is 0 Å². The van der Waals surface area contributed by atoms with E-state index in [1.165, 1.54) is 7.11 Å². The van der Waals surface area contributed by atoms with Crippen molar-refractivity contribution < 1.29 is 9.53 Å². The van der Waals surface area contributed by atoms with Gasteiger partial charge in [0.25, 0.3) is 0 Å². The molecule has 19 heavy (non-hydrogen) atoms. The van der Waals surface area contributed by atoms with Gasteiger partial charge in [0, 0.05) is 18.8 Å². The normalized spacial score (nSPS) is 18.1. The Morgan fingerprint density at radius 3 is 2.95 bits per heavy atom. The number of rotatable bonds is 7. The van der Waals surface area contributed by atoms with Gasteiger partial charge in [0.2, 0.25) is 0 Å². The van der Waals surface area contributed by atoms with Crippen LogP contribution in [0.5, 0.6) is 0 Å². The van der Waals surface area contributed by atoms with Gasteiger partial charge in [-0.1, -0.05) is 11.8 Å². The molecule has 1 aliphatic rings. The van der Waals surface area contributed by atoms with E-state index in [0.717, 1.165) is 23.8 Å². The fourth-order valence-electron chi connectivity index (χ4n) is 1.89. The van der Waals surface area contributed by atoms with E-state index >= 15 is 0 Å². The minimum atomic E-state index is -0.610. The summed E-state index contributed by atoms with van der Waals surface area (Å²) in [5.74, 6) is 0.593. The molecule has 0 aliphatic heterocycles. The minimum absolute atomic E-state index is 0.196. The molecule has 1 fully saturated rings. The van der Waals surface area contributed by atoms with Crippen LogP contribution in [0.15, 0.2) is 11.5 Å². The smallest absolute Gasteiger partial charge is 0.325 e. The molecule has 1 N–H and O–H groups in total. The second-order valence-corrected chi connectivity index (χ2v) is 6.13. The largest absolute Gasteiger partial charge is 0.468 e. The molecule has 0 aromatic carbocycles. The van der Waals surface area contributed by atoms with Crippen molar-refractivity contribution in [1.29, 1.82) is 0 Å². The van der Waals surface area contributed by atoms with Crippen molar-refractivity contribution in [3.05, 3.63) is 6.33 Å². The van der Waals surface area contributed by atoms with Crippen LogP contribution in [-0.4, -0.2) is 45.2 Å². The first-order valence-electron chi connectivity index (χ1n) is 6.38. The number of aryl methyl sites for hydroxylation is 1. The van der Waals surface area contributed by atoms with E-state index in [1.54, 1.807) is 18.1 Å². The molecule has 1 heterocycles.